The average Bonchev–Trinajstić information content (AvgIpc) is 4.05. The third-order valence-corrected chi connectivity index (χ3v) is 9.00. The summed E-state index contributed by atoms with van der Waals surface area (Å²) < 4.78 is 0. The van der Waals surface area contributed by atoms with Gasteiger partial charge in [0.25, 0.3) is 0 Å². The Bertz CT molecular complexity index is 1450. The summed E-state index contributed by atoms with van der Waals surface area (Å²) in [7, 11) is 2.94. The third-order valence-electron chi connectivity index (χ3n) is 7.32. The number of thiol groups is 1. The minimum atomic E-state index is -1.41. The van der Waals surface area contributed by atoms with Crippen LogP contribution in [-0.4, -0.2) is 116 Å². The molecule has 4 amide bonds. The first-order valence-corrected chi connectivity index (χ1v) is 22.3. The number of carbonyl (C=O) groups excluding carboxylic acids is 4. The van der Waals surface area contributed by atoms with Crippen LogP contribution < -0.4 is 31.9 Å². The topological polar surface area (TPSA) is 264 Å². The molecule has 3 atom stereocenters. The molecule has 0 aromatic carbocycles. The van der Waals surface area contributed by atoms with Crippen LogP contribution in [0.25, 0.3) is 0 Å². The molecule has 0 aliphatic heterocycles. The van der Waals surface area contributed by atoms with Crippen molar-refractivity contribution in [1.82, 2.24) is 61.8 Å². The summed E-state index contributed by atoms with van der Waals surface area (Å²) in [6, 6.07) is -3.53. The van der Waals surface area contributed by atoms with Crippen LogP contribution in [0.2, 0.25) is 0 Å². The molecular formula is C35H64F2N12O6S3. The summed E-state index contributed by atoms with van der Waals surface area (Å²) in [4.78, 5) is 82.3. The molecule has 23 heteroatoms. The molecule has 3 rings (SSSR count). The van der Waals surface area contributed by atoms with Crippen molar-refractivity contribution in [3.63, 3.8) is 0 Å². The monoisotopic (exact) mass is 882 g/mol. The predicted octanol–water partition coefficient (Wildman–Crippen LogP) is 3.36. The summed E-state index contributed by atoms with van der Waals surface area (Å²) in [5, 5.41) is 26.9. The Hall–Kier alpha value is -4.19. The average molecular weight is 883 g/mol. The number of carboxylic acid groups (broad SMARTS) is 1. The molecule has 0 bridgehead atoms. The van der Waals surface area contributed by atoms with Crippen molar-refractivity contribution in [3.05, 3.63) is 54.7 Å². The van der Waals surface area contributed by atoms with Crippen molar-refractivity contribution in [1.29, 1.82) is 0 Å². The molecular weight excluding hydrogens is 819 g/mol. The first-order chi connectivity index (χ1) is 27.3. The van der Waals surface area contributed by atoms with Gasteiger partial charge in [-0.15, -0.1) is 0 Å². The quantitative estimate of drug-likeness (QED) is 0.0314. The zero-order chi connectivity index (χ0) is 42.0. The molecule has 3 unspecified atom stereocenters. The van der Waals surface area contributed by atoms with E-state index in [0.29, 0.717) is 24.5 Å². The van der Waals surface area contributed by atoms with Crippen molar-refractivity contribution in [2.75, 3.05) is 51.0 Å². The van der Waals surface area contributed by atoms with Crippen LogP contribution in [0, 0.1) is 0 Å². The predicted molar refractivity (Wildman–Crippen MR) is 231 cm³/mol. The fourth-order valence-corrected chi connectivity index (χ4v) is 5.73. The highest BCUT2D eigenvalue weighted by Gasteiger charge is 2.32. The number of rotatable bonds is 26. The van der Waals surface area contributed by atoms with E-state index in [1.165, 1.54) is 59.2 Å². The molecule has 3 heterocycles. The van der Waals surface area contributed by atoms with Gasteiger partial charge in [0.05, 0.1) is 67.0 Å². The second-order valence-corrected chi connectivity index (χ2v) is 13.6. The highest BCUT2D eigenvalue weighted by molar-refractivity contribution is 8.76. The zero-order valence-electron chi connectivity index (χ0n) is 34.1. The largest absolute Gasteiger partial charge is 0.479 e. The Morgan fingerprint density at radius 2 is 1.10 bits per heavy atom. The van der Waals surface area contributed by atoms with E-state index in [9.17, 15) is 29.1 Å². The van der Waals surface area contributed by atoms with Gasteiger partial charge < -0.3 is 52.0 Å². The molecule has 58 heavy (non-hydrogen) atoms. The number of unbranched alkanes of at least 4 members (excludes halogenated alkanes) is 4. The fourth-order valence-electron chi connectivity index (χ4n) is 4.73. The number of halogens is 2. The van der Waals surface area contributed by atoms with E-state index in [2.05, 4.69) is 74.4 Å². The maximum atomic E-state index is 13.5. The number of carboxylic acids is 1. The van der Waals surface area contributed by atoms with Crippen molar-refractivity contribution in [3.8, 4) is 0 Å². The molecule has 3 aromatic heterocycles. The van der Waals surface area contributed by atoms with Gasteiger partial charge in [-0.05, 0) is 57.8 Å². The van der Waals surface area contributed by atoms with E-state index in [1.807, 2.05) is 34.0 Å². The van der Waals surface area contributed by atoms with Gasteiger partial charge in [0, 0.05) is 6.54 Å². The summed E-state index contributed by atoms with van der Waals surface area (Å²) >= 11 is 3.53. The normalized spacial score (nSPS) is 11.4. The molecule has 332 valence electrons. The second-order valence-electron chi connectivity index (χ2n) is 11.1. The lowest BCUT2D eigenvalue weighted by Crippen LogP contribution is -2.47. The number of hydrogen-bond donors (Lipinski definition) is 11. The highest BCUT2D eigenvalue weighted by atomic mass is 33.1. The maximum absolute atomic E-state index is 13.5. The van der Waals surface area contributed by atoms with E-state index < -0.39 is 35.9 Å². The molecule has 0 aliphatic rings. The zero-order valence-corrected chi connectivity index (χ0v) is 36.6. The number of nitrogens with zero attached hydrogens (tertiary/aromatic N) is 3. The van der Waals surface area contributed by atoms with Crippen LogP contribution in [0.1, 0.15) is 101 Å². The summed E-state index contributed by atoms with van der Waals surface area (Å²) in [5.41, 5.74) is 0.947. The van der Waals surface area contributed by atoms with Crippen molar-refractivity contribution >= 4 is 63.8 Å². The highest BCUT2D eigenvalue weighted by Crippen LogP contribution is 2.18. The lowest BCUT2D eigenvalue weighted by Gasteiger charge is -2.23. The number of carbonyl (C=O) groups is 5. The number of H-pyrrole nitrogens is 3. The summed E-state index contributed by atoms with van der Waals surface area (Å²) in [6.07, 6.45) is 17.4. The van der Waals surface area contributed by atoms with Crippen molar-refractivity contribution in [2.24, 2.45) is 0 Å². The summed E-state index contributed by atoms with van der Waals surface area (Å²) in [5.74, 6) is -2.59. The van der Waals surface area contributed by atoms with Crippen LogP contribution in [0.4, 0.5) is 9.41 Å². The van der Waals surface area contributed by atoms with Crippen LogP contribution in [-0.2, 0) is 24.0 Å². The van der Waals surface area contributed by atoms with Crippen LogP contribution in [0.3, 0.4) is 0 Å². The van der Waals surface area contributed by atoms with Gasteiger partial charge in [0.15, 0.2) is 6.04 Å². The smallest absolute Gasteiger partial charge is 0.332 e. The fraction of sp³-hybridized carbons (Fsp3) is 0.600. The van der Waals surface area contributed by atoms with E-state index in [4.69, 9.17) is 0 Å². The molecule has 0 radical (unpaired) electrons. The Balaban J connectivity index is -0.00000360. The van der Waals surface area contributed by atoms with Crippen molar-refractivity contribution < 1.29 is 38.5 Å². The number of amides is 4. The third kappa shape index (κ3) is 24.6. The molecule has 0 aliphatic carbocycles. The number of aromatic nitrogens is 6. The van der Waals surface area contributed by atoms with Crippen molar-refractivity contribution in [2.45, 2.75) is 84.3 Å². The van der Waals surface area contributed by atoms with Crippen LogP contribution in [0.5, 0.6) is 0 Å². The van der Waals surface area contributed by atoms with Gasteiger partial charge in [-0.3, -0.25) is 28.6 Å². The number of aliphatic carboxylic acids is 1. The first kappa shape index (κ1) is 58.1. The standard InChI is InChI=1S/C30H46N12O6S2.2C2H6.CH4S.2FH/c1-49-50-16-24(44)37-15-23(43)35-10-7-6-9-31-8-4-2-3-5-11-36-25(20-12-32-17-38-20)28(45)41-26(21-13-33-18-39-21)29(46)42-27(30(47)48)22-14-34-19-40-22;3*1-2;;/h12-14,17-19,25-27,31,36H,2-11,15-16H2,1H3,(H,32,38)(H,33,39)(H,34,40)(H,35,43)(H,37,44)(H,41,45)(H,42,46)(H,47,48);2*1-2H3;2H,1H3;2*1H. The lowest BCUT2D eigenvalue weighted by atomic mass is 10.1. The molecule has 0 spiro atoms. The number of imidazole rings is 3. The lowest BCUT2D eigenvalue weighted by molar-refractivity contribution is -0.142. The molecule has 0 fully saturated rings. The van der Waals surface area contributed by atoms with Gasteiger partial charge in [-0.2, -0.15) is 12.6 Å². The Labute approximate surface area is 352 Å². The Morgan fingerprint density at radius 1 is 0.655 bits per heavy atom. The maximum Gasteiger partial charge on any atom is 0.332 e. The van der Waals surface area contributed by atoms with E-state index in [0.717, 1.165) is 51.6 Å². The molecule has 18 nitrogen and oxygen atoms in total. The summed E-state index contributed by atoms with van der Waals surface area (Å²) in [6.45, 7) is 10.8. The van der Waals surface area contributed by atoms with Gasteiger partial charge in [-0.1, -0.05) is 62.1 Å². The van der Waals surface area contributed by atoms with Crippen LogP contribution in [0.15, 0.2) is 37.6 Å². The number of aromatic amines is 3. The first-order valence-electron chi connectivity index (χ1n) is 18.7. The van der Waals surface area contributed by atoms with E-state index in [-0.39, 0.29) is 39.2 Å². The number of hydrogen-bond acceptors (Lipinski definition) is 13. The molecule has 0 saturated carbocycles. The second kappa shape index (κ2) is 38.3. The molecule has 10 N–H and O–H groups in total. The SMILES string of the molecule is CC.CC.CS.CSSCC(=O)NCC(=O)NCCCCNCCCCCCNC(C(=O)NC(C(=O)NC(C(=O)O)c1cnc[nH]1)c1cnc[nH]1)c1cnc[nH]1.F.F. The van der Waals surface area contributed by atoms with E-state index >= 15 is 0 Å². The van der Waals surface area contributed by atoms with Gasteiger partial charge in [0.1, 0.15) is 12.1 Å². The van der Waals surface area contributed by atoms with Crippen LogP contribution >= 0.6 is 34.2 Å². The Kier molecular flexibility index (Phi) is 38.4. The van der Waals surface area contributed by atoms with E-state index in [1.54, 1.807) is 6.26 Å². The van der Waals surface area contributed by atoms with Gasteiger partial charge in [0.2, 0.25) is 23.6 Å². The minimum Gasteiger partial charge on any atom is -0.479 e. The van der Waals surface area contributed by atoms with Gasteiger partial charge >= 0.3 is 5.97 Å². The minimum absolute atomic E-state index is 0. The molecule has 3 aromatic rings. The van der Waals surface area contributed by atoms with Gasteiger partial charge in [-0.25, -0.2) is 19.7 Å². The molecule has 0 saturated heterocycles. The Morgan fingerprint density at radius 3 is 1.60 bits per heavy atom. The number of nitrogens with one attached hydrogen (secondary N) is 9.